The first-order valence-corrected chi connectivity index (χ1v) is 7.83. The van der Waals surface area contributed by atoms with Crippen LogP contribution in [0.4, 0.5) is 4.39 Å². The number of halogens is 1. The number of fused-ring (bicyclic) bond motifs is 1. The van der Waals surface area contributed by atoms with Crippen molar-refractivity contribution in [1.29, 1.82) is 0 Å². The number of hydrogen-bond acceptors (Lipinski definition) is 3. The molecule has 1 aromatic heterocycles. The number of hydrogen-bond donors (Lipinski definition) is 1. The number of piperidine rings is 1. The van der Waals surface area contributed by atoms with Crippen molar-refractivity contribution in [2.45, 2.75) is 19.8 Å². The average molecular weight is 318 g/mol. The van der Waals surface area contributed by atoms with Crippen LogP contribution in [0.2, 0.25) is 0 Å². The second-order valence-corrected chi connectivity index (χ2v) is 5.73. The number of nitrogens with one attached hydrogen (secondary N) is 1. The minimum absolute atomic E-state index is 0.213. The van der Waals surface area contributed by atoms with E-state index in [1.165, 1.54) is 12.1 Å². The summed E-state index contributed by atoms with van der Waals surface area (Å²) in [4.78, 5) is 29.1. The third-order valence-electron chi connectivity index (χ3n) is 4.17. The fraction of sp³-hybridized carbons (Fsp3) is 0.412. The van der Waals surface area contributed by atoms with E-state index in [9.17, 15) is 14.0 Å². The summed E-state index contributed by atoms with van der Waals surface area (Å²) in [6.07, 6.45) is 1.48. The highest BCUT2D eigenvalue weighted by Crippen LogP contribution is 2.23. The van der Waals surface area contributed by atoms with Gasteiger partial charge >= 0.3 is 5.97 Å². The zero-order chi connectivity index (χ0) is 16.4. The molecule has 2 heterocycles. The first-order valence-electron chi connectivity index (χ1n) is 7.83. The van der Waals surface area contributed by atoms with Gasteiger partial charge in [0.05, 0.1) is 12.5 Å². The number of esters is 1. The Morgan fingerprint density at radius 1 is 1.43 bits per heavy atom. The Kier molecular flexibility index (Phi) is 4.32. The van der Waals surface area contributed by atoms with Crippen molar-refractivity contribution in [2.75, 3.05) is 19.7 Å². The van der Waals surface area contributed by atoms with Gasteiger partial charge in [-0.25, -0.2) is 4.39 Å². The fourth-order valence-corrected chi connectivity index (χ4v) is 3.02. The lowest BCUT2D eigenvalue weighted by molar-refractivity contribution is -0.149. The van der Waals surface area contributed by atoms with Gasteiger partial charge in [0.15, 0.2) is 0 Å². The molecule has 0 aliphatic carbocycles. The lowest BCUT2D eigenvalue weighted by atomic mass is 9.98. The molecule has 23 heavy (non-hydrogen) atoms. The van der Waals surface area contributed by atoms with Crippen molar-refractivity contribution in [3.8, 4) is 0 Å². The molecule has 1 aliphatic heterocycles. The van der Waals surface area contributed by atoms with E-state index >= 15 is 0 Å². The Hall–Kier alpha value is -2.37. The lowest BCUT2D eigenvalue weighted by Gasteiger charge is -2.31. The van der Waals surface area contributed by atoms with Gasteiger partial charge in [-0.2, -0.15) is 0 Å². The maximum atomic E-state index is 13.8. The van der Waals surface area contributed by atoms with Crippen LogP contribution in [0.1, 0.15) is 30.3 Å². The number of amides is 1. The van der Waals surface area contributed by atoms with E-state index in [4.69, 9.17) is 4.74 Å². The largest absolute Gasteiger partial charge is 0.466 e. The monoisotopic (exact) mass is 318 g/mol. The van der Waals surface area contributed by atoms with Crippen LogP contribution in [-0.2, 0) is 9.53 Å². The molecule has 6 heteroatoms. The Labute approximate surface area is 133 Å². The summed E-state index contributed by atoms with van der Waals surface area (Å²) in [6, 6.07) is 6.22. The molecule has 1 N–H and O–H groups in total. The molecule has 1 aromatic carbocycles. The number of likely N-dealkylation sites (tertiary alicyclic amines) is 1. The van der Waals surface area contributed by atoms with E-state index < -0.39 is 0 Å². The summed E-state index contributed by atoms with van der Waals surface area (Å²) < 4.78 is 18.8. The number of carbonyl (C=O) groups is 2. The quantitative estimate of drug-likeness (QED) is 0.885. The summed E-state index contributed by atoms with van der Waals surface area (Å²) in [5.74, 6) is -1.11. The van der Waals surface area contributed by atoms with Gasteiger partial charge in [-0.15, -0.1) is 0 Å². The van der Waals surface area contributed by atoms with Crippen LogP contribution in [0.15, 0.2) is 24.3 Å². The molecule has 0 saturated carbocycles. The normalized spacial score (nSPS) is 18.2. The third kappa shape index (κ3) is 3.06. The van der Waals surface area contributed by atoms with Crippen molar-refractivity contribution in [3.05, 3.63) is 35.8 Å². The molecule has 0 spiro atoms. The number of H-pyrrole nitrogens is 1. The van der Waals surface area contributed by atoms with Gasteiger partial charge in [-0.05, 0) is 38.0 Å². The topological polar surface area (TPSA) is 62.4 Å². The van der Waals surface area contributed by atoms with E-state index in [2.05, 4.69) is 4.98 Å². The molecule has 1 amide bonds. The maximum Gasteiger partial charge on any atom is 0.310 e. The van der Waals surface area contributed by atoms with Gasteiger partial charge < -0.3 is 14.6 Å². The zero-order valence-electron chi connectivity index (χ0n) is 13.0. The van der Waals surface area contributed by atoms with Crippen LogP contribution in [0.5, 0.6) is 0 Å². The average Bonchev–Trinajstić information content (AvgIpc) is 3.00. The molecule has 1 atom stereocenters. The van der Waals surface area contributed by atoms with Gasteiger partial charge in [0, 0.05) is 24.0 Å². The molecule has 1 aliphatic rings. The summed E-state index contributed by atoms with van der Waals surface area (Å²) in [7, 11) is 0. The minimum atomic E-state index is -0.360. The van der Waals surface area contributed by atoms with Crippen LogP contribution >= 0.6 is 0 Å². The van der Waals surface area contributed by atoms with Crippen molar-refractivity contribution in [2.24, 2.45) is 5.92 Å². The van der Waals surface area contributed by atoms with Crippen molar-refractivity contribution in [3.63, 3.8) is 0 Å². The predicted molar refractivity (Wildman–Crippen MR) is 83.5 cm³/mol. The number of benzene rings is 1. The summed E-state index contributed by atoms with van der Waals surface area (Å²) in [5, 5.41) is 0.398. The molecule has 0 radical (unpaired) electrons. The van der Waals surface area contributed by atoms with Gasteiger partial charge in [-0.1, -0.05) is 6.07 Å². The molecular weight excluding hydrogens is 299 g/mol. The second kappa shape index (κ2) is 6.40. The summed E-state index contributed by atoms with van der Waals surface area (Å²) in [6.45, 7) is 3.04. The predicted octanol–water partition coefficient (Wildman–Crippen LogP) is 2.72. The highest BCUT2D eigenvalue weighted by molar-refractivity contribution is 5.98. The highest BCUT2D eigenvalue weighted by Gasteiger charge is 2.30. The van der Waals surface area contributed by atoms with Crippen molar-refractivity contribution < 1.29 is 18.7 Å². The molecule has 1 unspecified atom stereocenters. The molecular formula is C17H19FN2O3. The SMILES string of the molecule is CCOC(=O)C1CCCN(C(=O)c2cc3c(F)cccc3[nH]2)C1. The Morgan fingerprint density at radius 2 is 2.26 bits per heavy atom. The Balaban J connectivity index is 1.78. The van der Waals surface area contributed by atoms with E-state index in [-0.39, 0.29) is 23.6 Å². The van der Waals surface area contributed by atoms with Gasteiger partial charge in [0.1, 0.15) is 11.5 Å². The molecule has 5 nitrogen and oxygen atoms in total. The van der Waals surface area contributed by atoms with Crippen molar-refractivity contribution in [1.82, 2.24) is 9.88 Å². The molecule has 1 fully saturated rings. The second-order valence-electron chi connectivity index (χ2n) is 5.73. The van der Waals surface area contributed by atoms with E-state index in [1.807, 2.05) is 0 Å². The molecule has 1 saturated heterocycles. The number of aromatic nitrogens is 1. The van der Waals surface area contributed by atoms with E-state index in [0.29, 0.717) is 36.3 Å². The van der Waals surface area contributed by atoms with Crippen LogP contribution in [0.25, 0.3) is 10.9 Å². The standard InChI is InChI=1S/C17H19FN2O3/c1-2-23-17(22)11-5-4-8-20(10-11)16(21)15-9-12-13(18)6-3-7-14(12)19-15/h3,6-7,9,11,19H,2,4-5,8,10H2,1H3. The first-order chi connectivity index (χ1) is 11.1. The summed E-state index contributed by atoms with van der Waals surface area (Å²) >= 11 is 0. The van der Waals surface area contributed by atoms with Crippen LogP contribution in [0.3, 0.4) is 0 Å². The van der Waals surface area contributed by atoms with Crippen LogP contribution < -0.4 is 0 Å². The number of carbonyl (C=O) groups excluding carboxylic acids is 2. The van der Waals surface area contributed by atoms with Gasteiger partial charge in [0.25, 0.3) is 5.91 Å². The molecule has 122 valence electrons. The molecule has 2 aromatic rings. The van der Waals surface area contributed by atoms with E-state index in [1.54, 1.807) is 24.0 Å². The molecule has 3 rings (SSSR count). The van der Waals surface area contributed by atoms with Crippen LogP contribution in [-0.4, -0.2) is 41.5 Å². The Morgan fingerprint density at radius 3 is 3.00 bits per heavy atom. The molecule has 0 bridgehead atoms. The summed E-state index contributed by atoms with van der Waals surface area (Å²) in [5.41, 5.74) is 0.932. The Bertz CT molecular complexity index is 741. The van der Waals surface area contributed by atoms with E-state index in [0.717, 1.165) is 12.8 Å². The number of rotatable bonds is 3. The fourth-order valence-electron chi connectivity index (χ4n) is 3.02. The maximum absolute atomic E-state index is 13.8. The zero-order valence-corrected chi connectivity index (χ0v) is 13.0. The smallest absolute Gasteiger partial charge is 0.310 e. The van der Waals surface area contributed by atoms with Crippen molar-refractivity contribution >= 4 is 22.8 Å². The third-order valence-corrected chi connectivity index (χ3v) is 4.17. The van der Waals surface area contributed by atoms with Gasteiger partial charge in [-0.3, -0.25) is 9.59 Å². The minimum Gasteiger partial charge on any atom is -0.466 e. The number of nitrogens with zero attached hydrogens (tertiary/aromatic N) is 1. The highest BCUT2D eigenvalue weighted by atomic mass is 19.1. The first kappa shape index (κ1) is 15.5. The number of ether oxygens (including phenoxy) is 1. The number of aromatic amines is 1. The van der Waals surface area contributed by atoms with Crippen LogP contribution in [0, 0.1) is 11.7 Å². The lowest BCUT2D eigenvalue weighted by Crippen LogP contribution is -2.42. The van der Waals surface area contributed by atoms with Gasteiger partial charge in [0.2, 0.25) is 0 Å².